The first kappa shape index (κ1) is 10.7. The van der Waals surface area contributed by atoms with E-state index in [4.69, 9.17) is 0 Å². The van der Waals surface area contributed by atoms with Crippen molar-refractivity contribution in [3.8, 4) is 0 Å². The summed E-state index contributed by atoms with van der Waals surface area (Å²) in [4.78, 5) is 13.0. The van der Waals surface area contributed by atoms with Crippen molar-refractivity contribution in [3.63, 3.8) is 0 Å². The van der Waals surface area contributed by atoms with Crippen molar-refractivity contribution in [2.45, 2.75) is 32.6 Å². The first-order valence-electron chi connectivity index (χ1n) is 6.05. The minimum absolute atomic E-state index is 0.198. The summed E-state index contributed by atoms with van der Waals surface area (Å²) < 4.78 is 0. The van der Waals surface area contributed by atoms with E-state index in [0.29, 0.717) is 0 Å². The third kappa shape index (κ3) is 2.61. The zero-order valence-corrected chi connectivity index (χ0v) is 9.78. The van der Waals surface area contributed by atoms with Gasteiger partial charge in [-0.05, 0) is 43.4 Å². The van der Waals surface area contributed by atoms with Gasteiger partial charge in [0.2, 0.25) is 5.91 Å². The van der Waals surface area contributed by atoms with Gasteiger partial charge in [0.25, 0.3) is 0 Å². The van der Waals surface area contributed by atoms with Crippen molar-refractivity contribution >= 4 is 5.91 Å². The predicted octanol–water partition coefficient (Wildman–Crippen LogP) is 2.46. The fourth-order valence-electron chi connectivity index (χ4n) is 2.74. The van der Waals surface area contributed by atoms with Crippen molar-refractivity contribution in [2.75, 3.05) is 13.6 Å². The second-order valence-corrected chi connectivity index (χ2v) is 5.10. The molecule has 0 aromatic carbocycles. The molecule has 1 saturated carbocycles. The molecular formula is C13H21NO. The van der Waals surface area contributed by atoms with Crippen molar-refractivity contribution in [3.05, 3.63) is 12.2 Å². The van der Waals surface area contributed by atoms with Gasteiger partial charge in [0.05, 0.1) is 0 Å². The molecule has 0 bridgehead atoms. The van der Waals surface area contributed by atoms with E-state index in [1.807, 2.05) is 11.9 Å². The normalized spacial score (nSPS) is 33.9. The highest BCUT2D eigenvalue weighted by molar-refractivity contribution is 5.72. The minimum atomic E-state index is 0.198. The highest BCUT2D eigenvalue weighted by atomic mass is 16.2. The molecule has 0 heterocycles. The molecule has 0 radical (unpaired) electrons. The Morgan fingerprint density at radius 2 is 2.27 bits per heavy atom. The maximum Gasteiger partial charge on any atom is 0.219 e. The summed E-state index contributed by atoms with van der Waals surface area (Å²) in [5.74, 6) is 2.79. The van der Waals surface area contributed by atoms with Gasteiger partial charge >= 0.3 is 0 Å². The van der Waals surface area contributed by atoms with Crippen molar-refractivity contribution < 1.29 is 4.79 Å². The lowest BCUT2D eigenvalue weighted by Gasteiger charge is -2.19. The van der Waals surface area contributed by atoms with E-state index in [1.165, 1.54) is 25.7 Å². The van der Waals surface area contributed by atoms with Crippen LogP contribution in [0.2, 0.25) is 0 Å². The van der Waals surface area contributed by atoms with Gasteiger partial charge in [0.15, 0.2) is 0 Å². The van der Waals surface area contributed by atoms with Crippen LogP contribution in [0, 0.1) is 17.8 Å². The lowest BCUT2D eigenvalue weighted by Crippen LogP contribution is -2.26. The summed E-state index contributed by atoms with van der Waals surface area (Å²) in [5.41, 5.74) is 0. The molecule has 0 spiro atoms. The maximum absolute atomic E-state index is 11.1. The first-order valence-corrected chi connectivity index (χ1v) is 6.05. The quantitative estimate of drug-likeness (QED) is 0.651. The van der Waals surface area contributed by atoms with Crippen LogP contribution in [0.4, 0.5) is 0 Å². The Balaban J connectivity index is 1.75. The molecule has 1 fully saturated rings. The van der Waals surface area contributed by atoms with Crippen molar-refractivity contribution in [2.24, 2.45) is 17.8 Å². The number of hydrogen-bond acceptors (Lipinski definition) is 1. The van der Waals surface area contributed by atoms with E-state index in [9.17, 15) is 4.79 Å². The van der Waals surface area contributed by atoms with Gasteiger partial charge in [-0.25, -0.2) is 0 Å². The molecule has 0 aliphatic heterocycles. The number of nitrogens with zero attached hydrogens (tertiary/aromatic N) is 1. The predicted molar refractivity (Wildman–Crippen MR) is 61.4 cm³/mol. The first-order chi connectivity index (χ1) is 7.18. The van der Waals surface area contributed by atoms with Gasteiger partial charge < -0.3 is 4.90 Å². The minimum Gasteiger partial charge on any atom is -0.346 e. The fourth-order valence-corrected chi connectivity index (χ4v) is 2.74. The summed E-state index contributed by atoms with van der Waals surface area (Å²) in [6.45, 7) is 2.63. The second kappa shape index (κ2) is 4.38. The molecule has 2 nitrogen and oxygen atoms in total. The van der Waals surface area contributed by atoms with Gasteiger partial charge in [-0.2, -0.15) is 0 Å². The molecule has 3 atom stereocenters. The number of rotatable bonds is 3. The third-order valence-electron chi connectivity index (χ3n) is 3.94. The average molecular weight is 207 g/mol. The van der Waals surface area contributed by atoms with Crippen molar-refractivity contribution in [1.82, 2.24) is 4.90 Å². The summed E-state index contributed by atoms with van der Waals surface area (Å²) in [5, 5.41) is 0. The van der Waals surface area contributed by atoms with E-state index >= 15 is 0 Å². The van der Waals surface area contributed by atoms with Crippen molar-refractivity contribution in [1.29, 1.82) is 0 Å². The zero-order chi connectivity index (χ0) is 10.8. The van der Waals surface area contributed by atoms with E-state index in [-0.39, 0.29) is 5.91 Å². The van der Waals surface area contributed by atoms with E-state index in [1.54, 1.807) is 6.92 Å². The fraction of sp³-hybridized carbons (Fsp3) is 0.769. The number of carbonyl (C=O) groups excluding carboxylic acids is 1. The molecular weight excluding hydrogens is 186 g/mol. The number of allylic oxidation sites excluding steroid dienone is 2. The summed E-state index contributed by atoms with van der Waals surface area (Å²) in [6, 6.07) is 0. The Morgan fingerprint density at radius 1 is 1.47 bits per heavy atom. The van der Waals surface area contributed by atoms with Crippen LogP contribution in [0.25, 0.3) is 0 Å². The third-order valence-corrected chi connectivity index (χ3v) is 3.94. The maximum atomic E-state index is 11.1. The van der Waals surface area contributed by atoms with E-state index < -0.39 is 0 Å². The largest absolute Gasteiger partial charge is 0.346 e. The van der Waals surface area contributed by atoms with E-state index in [2.05, 4.69) is 12.2 Å². The molecule has 2 unspecified atom stereocenters. The molecule has 2 aliphatic rings. The van der Waals surface area contributed by atoms with Gasteiger partial charge in [0, 0.05) is 20.5 Å². The molecule has 0 aromatic rings. The standard InChI is InChI=1S/C13H21NO/c1-10(15)14(2)9-12-8-13(12)11-6-4-3-5-7-11/h3-4,11-13H,5-9H2,1-2H3/t11?,12-,13?/m1/s1. The van der Waals surface area contributed by atoms with Crippen LogP contribution in [0.1, 0.15) is 32.6 Å². The van der Waals surface area contributed by atoms with Crippen LogP contribution in [-0.4, -0.2) is 24.4 Å². The topological polar surface area (TPSA) is 20.3 Å². The van der Waals surface area contributed by atoms with Crippen LogP contribution in [-0.2, 0) is 4.79 Å². The highest BCUT2D eigenvalue weighted by Crippen LogP contribution is 2.48. The Morgan fingerprint density at radius 3 is 2.87 bits per heavy atom. The number of amides is 1. The number of hydrogen-bond donors (Lipinski definition) is 0. The second-order valence-electron chi connectivity index (χ2n) is 5.10. The van der Waals surface area contributed by atoms with Crippen LogP contribution >= 0.6 is 0 Å². The molecule has 2 rings (SSSR count). The lowest BCUT2D eigenvalue weighted by atomic mass is 9.89. The lowest BCUT2D eigenvalue weighted by molar-refractivity contribution is -0.127. The van der Waals surface area contributed by atoms with Crippen LogP contribution in [0.15, 0.2) is 12.2 Å². The monoisotopic (exact) mass is 207 g/mol. The molecule has 2 aliphatic carbocycles. The smallest absolute Gasteiger partial charge is 0.219 e. The summed E-state index contributed by atoms with van der Waals surface area (Å²) in [6.07, 6.45) is 9.87. The Hall–Kier alpha value is -0.790. The molecule has 0 N–H and O–H groups in total. The summed E-state index contributed by atoms with van der Waals surface area (Å²) in [7, 11) is 1.92. The average Bonchev–Trinajstić information content (AvgIpc) is 2.98. The van der Waals surface area contributed by atoms with Gasteiger partial charge in [-0.1, -0.05) is 12.2 Å². The molecule has 1 amide bonds. The van der Waals surface area contributed by atoms with Crippen LogP contribution in [0.3, 0.4) is 0 Å². The Labute approximate surface area is 92.3 Å². The molecule has 15 heavy (non-hydrogen) atoms. The van der Waals surface area contributed by atoms with Gasteiger partial charge in [0.1, 0.15) is 0 Å². The molecule has 2 heteroatoms. The molecule has 0 aromatic heterocycles. The Kier molecular flexibility index (Phi) is 3.13. The highest BCUT2D eigenvalue weighted by Gasteiger charge is 2.42. The molecule has 0 saturated heterocycles. The number of carbonyl (C=O) groups is 1. The van der Waals surface area contributed by atoms with Gasteiger partial charge in [-0.3, -0.25) is 4.79 Å². The van der Waals surface area contributed by atoms with Crippen LogP contribution in [0.5, 0.6) is 0 Å². The van der Waals surface area contributed by atoms with E-state index in [0.717, 1.165) is 24.3 Å². The Bertz CT molecular complexity index is 272. The summed E-state index contributed by atoms with van der Waals surface area (Å²) >= 11 is 0. The van der Waals surface area contributed by atoms with Crippen LogP contribution < -0.4 is 0 Å². The zero-order valence-electron chi connectivity index (χ0n) is 9.78. The SMILES string of the molecule is CC(=O)N(C)C[C@H]1CC1C1CC=CCC1. The molecule has 84 valence electrons. The van der Waals surface area contributed by atoms with Gasteiger partial charge in [-0.15, -0.1) is 0 Å².